The molecule has 0 amide bonds. The van der Waals surface area contributed by atoms with Crippen LogP contribution in [0.1, 0.15) is 128 Å². The SMILES string of the molecule is CC(C)c1cccc(C(C)C)c1-c1ccc2c(c1)N(c1cc(-c3ccccc3)cc(C(C)(C)C)c1)CN2c1cccc(Oc2ccc3c4cc(C(C)(C)c5ccccc5)ccc4n(-c4cc(C(C)(C)C)ccn4)c3c2)c1. The first-order valence-corrected chi connectivity index (χ1v) is 27.3. The Morgan fingerprint density at radius 2 is 1.11 bits per heavy atom. The predicted octanol–water partition coefficient (Wildman–Crippen LogP) is 19.7. The smallest absolute Gasteiger partial charge is 0.137 e. The van der Waals surface area contributed by atoms with Gasteiger partial charge in [0.25, 0.3) is 0 Å². The van der Waals surface area contributed by atoms with E-state index in [4.69, 9.17) is 9.72 Å². The lowest BCUT2D eigenvalue weighted by molar-refractivity contribution is 0.483. The van der Waals surface area contributed by atoms with Gasteiger partial charge in [0, 0.05) is 45.9 Å². The van der Waals surface area contributed by atoms with E-state index in [2.05, 4.69) is 286 Å². The zero-order valence-corrected chi connectivity index (χ0v) is 46.5. The number of fused-ring (bicyclic) bond motifs is 4. The van der Waals surface area contributed by atoms with E-state index in [0.717, 1.165) is 45.1 Å². The molecule has 0 atom stereocenters. The lowest BCUT2D eigenvalue weighted by Gasteiger charge is -2.27. The first-order chi connectivity index (χ1) is 36.3. The Morgan fingerprint density at radius 3 is 1.80 bits per heavy atom. The molecular weight excluding hydrogens is 925 g/mol. The number of aromatic nitrogens is 2. The van der Waals surface area contributed by atoms with Crippen molar-refractivity contribution < 1.29 is 4.74 Å². The summed E-state index contributed by atoms with van der Waals surface area (Å²) in [4.78, 5) is 9.99. The second kappa shape index (κ2) is 19.4. The zero-order chi connectivity index (χ0) is 53.3. The Bertz CT molecular complexity index is 3750. The summed E-state index contributed by atoms with van der Waals surface area (Å²) in [5.74, 6) is 3.17. The highest BCUT2D eigenvalue weighted by Gasteiger charge is 2.32. The fourth-order valence-electron chi connectivity index (χ4n) is 11.3. The van der Waals surface area contributed by atoms with Gasteiger partial charge in [0.05, 0.1) is 22.4 Å². The van der Waals surface area contributed by atoms with Crippen LogP contribution in [0.4, 0.5) is 22.7 Å². The van der Waals surface area contributed by atoms with Crippen LogP contribution in [0.5, 0.6) is 11.5 Å². The number of ether oxygens (including phenoxy) is 1. The second-order valence-electron chi connectivity index (χ2n) is 24.2. The van der Waals surface area contributed by atoms with Crippen LogP contribution in [0.25, 0.3) is 49.9 Å². The van der Waals surface area contributed by atoms with Crippen molar-refractivity contribution in [1.29, 1.82) is 0 Å². The van der Waals surface area contributed by atoms with Gasteiger partial charge in [-0.25, -0.2) is 4.98 Å². The minimum absolute atomic E-state index is 0.0458. The van der Waals surface area contributed by atoms with E-state index >= 15 is 0 Å². The van der Waals surface area contributed by atoms with Gasteiger partial charge in [0.1, 0.15) is 24.0 Å². The zero-order valence-electron chi connectivity index (χ0n) is 46.5. The summed E-state index contributed by atoms with van der Waals surface area (Å²) in [5, 5.41) is 2.34. The summed E-state index contributed by atoms with van der Waals surface area (Å²) < 4.78 is 9.29. The summed E-state index contributed by atoms with van der Waals surface area (Å²) in [6.45, 7) is 28.2. The summed E-state index contributed by atoms with van der Waals surface area (Å²) in [6, 6.07) is 69.2. The molecule has 0 radical (unpaired) electrons. The molecule has 76 heavy (non-hydrogen) atoms. The molecule has 0 unspecified atom stereocenters. The minimum atomic E-state index is -0.199. The highest BCUT2D eigenvalue weighted by molar-refractivity contribution is 6.10. The molecule has 0 aliphatic carbocycles. The topological polar surface area (TPSA) is 33.5 Å². The van der Waals surface area contributed by atoms with Crippen LogP contribution in [0.3, 0.4) is 0 Å². The van der Waals surface area contributed by atoms with Gasteiger partial charge < -0.3 is 14.5 Å². The number of rotatable bonds is 11. The van der Waals surface area contributed by atoms with Gasteiger partial charge in [-0.3, -0.25) is 4.57 Å². The first kappa shape index (κ1) is 50.3. The van der Waals surface area contributed by atoms with Crippen molar-refractivity contribution in [3.63, 3.8) is 0 Å². The van der Waals surface area contributed by atoms with Gasteiger partial charge in [-0.15, -0.1) is 0 Å². The maximum Gasteiger partial charge on any atom is 0.137 e. The van der Waals surface area contributed by atoms with Crippen molar-refractivity contribution in [2.75, 3.05) is 16.5 Å². The van der Waals surface area contributed by atoms with Crippen molar-refractivity contribution >= 4 is 44.6 Å². The maximum atomic E-state index is 6.98. The van der Waals surface area contributed by atoms with E-state index < -0.39 is 0 Å². The summed E-state index contributed by atoms with van der Waals surface area (Å²) in [7, 11) is 0. The van der Waals surface area contributed by atoms with Crippen LogP contribution in [-0.2, 0) is 16.2 Å². The summed E-state index contributed by atoms with van der Waals surface area (Å²) >= 11 is 0. The highest BCUT2D eigenvalue weighted by Crippen LogP contribution is 2.50. The average molecular weight is 997 g/mol. The Balaban J connectivity index is 1.02. The number of anilines is 4. The first-order valence-electron chi connectivity index (χ1n) is 27.3. The molecule has 0 spiro atoms. The molecule has 11 rings (SSSR count). The van der Waals surface area contributed by atoms with E-state index in [0.29, 0.717) is 18.5 Å². The molecule has 10 aromatic rings. The maximum absolute atomic E-state index is 6.98. The standard InChI is InChI=1S/C71H72N4O/c1-46(2)59-27-20-28-60(47(3)4)68(59)49-29-33-64-66(39-49)74(56-38-50(48-21-15-13-16-22-48)37-54(40-56)70(8,9)10)45-73(64)55-25-19-26-57(43-55)76-58-31-32-61-62-41-53(71(11,12)51-23-17-14-18-24-51)30-34-63(62)75(65(61)44-58)67-42-52(35-36-72-67)69(5,6)7/h13-44,46-47H,45H2,1-12H3. The van der Waals surface area contributed by atoms with Crippen LogP contribution >= 0.6 is 0 Å². The van der Waals surface area contributed by atoms with Crippen LogP contribution < -0.4 is 14.5 Å². The number of hydrogen-bond donors (Lipinski definition) is 0. The van der Waals surface area contributed by atoms with Crippen LogP contribution in [-0.4, -0.2) is 16.2 Å². The predicted molar refractivity (Wildman–Crippen MR) is 322 cm³/mol. The quantitative estimate of drug-likeness (QED) is 0.129. The molecule has 1 aliphatic rings. The fraction of sp³-hybridized carbons (Fsp3) is 0.254. The number of nitrogens with zero attached hydrogens (tertiary/aromatic N) is 4. The van der Waals surface area contributed by atoms with Crippen molar-refractivity contribution in [2.24, 2.45) is 0 Å². The molecule has 382 valence electrons. The van der Waals surface area contributed by atoms with E-state index in [9.17, 15) is 0 Å². The molecule has 0 bridgehead atoms. The molecule has 0 N–H and O–H groups in total. The van der Waals surface area contributed by atoms with Gasteiger partial charge >= 0.3 is 0 Å². The molecule has 3 heterocycles. The number of hydrogen-bond acceptors (Lipinski definition) is 4. The molecule has 0 fully saturated rings. The molecule has 8 aromatic carbocycles. The third-order valence-electron chi connectivity index (χ3n) is 15.9. The lowest BCUT2D eigenvalue weighted by Crippen LogP contribution is -2.24. The van der Waals surface area contributed by atoms with Crippen LogP contribution in [0.2, 0.25) is 0 Å². The van der Waals surface area contributed by atoms with Gasteiger partial charge in [-0.1, -0.05) is 186 Å². The molecule has 1 aliphatic heterocycles. The number of pyridine rings is 1. The molecular formula is C71H72N4O. The van der Waals surface area contributed by atoms with E-state index in [1.807, 2.05) is 6.20 Å². The van der Waals surface area contributed by atoms with Gasteiger partial charge in [0.2, 0.25) is 0 Å². The molecule has 0 saturated heterocycles. The Hall–Kier alpha value is -7.89. The van der Waals surface area contributed by atoms with E-state index in [-0.39, 0.29) is 16.2 Å². The monoisotopic (exact) mass is 997 g/mol. The summed E-state index contributed by atoms with van der Waals surface area (Å²) in [6.07, 6.45) is 1.95. The lowest BCUT2D eigenvalue weighted by atomic mass is 9.78. The largest absolute Gasteiger partial charge is 0.457 e. The van der Waals surface area contributed by atoms with Gasteiger partial charge in [-0.2, -0.15) is 0 Å². The van der Waals surface area contributed by atoms with E-state index in [1.165, 1.54) is 72.4 Å². The minimum Gasteiger partial charge on any atom is -0.457 e. The fourth-order valence-corrected chi connectivity index (χ4v) is 11.3. The Labute approximate surface area is 451 Å². The normalized spacial score (nSPS) is 13.1. The second-order valence-corrected chi connectivity index (χ2v) is 24.2. The molecule has 0 saturated carbocycles. The molecule has 2 aromatic heterocycles. The van der Waals surface area contributed by atoms with Crippen LogP contribution in [0, 0.1) is 0 Å². The number of benzene rings is 8. The average Bonchev–Trinajstić information content (AvgIpc) is 3.98. The third-order valence-corrected chi connectivity index (χ3v) is 15.9. The Kier molecular flexibility index (Phi) is 12.8. The summed E-state index contributed by atoms with van der Waals surface area (Å²) in [5.41, 5.74) is 19.3. The third kappa shape index (κ3) is 9.35. The van der Waals surface area contributed by atoms with Crippen molar-refractivity contribution in [1.82, 2.24) is 9.55 Å². The van der Waals surface area contributed by atoms with Gasteiger partial charge in [-0.05, 0) is 151 Å². The highest BCUT2D eigenvalue weighted by atomic mass is 16.5. The van der Waals surface area contributed by atoms with Crippen molar-refractivity contribution in [2.45, 2.75) is 111 Å². The van der Waals surface area contributed by atoms with Crippen molar-refractivity contribution in [3.05, 3.63) is 228 Å². The van der Waals surface area contributed by atoms with Gasteiger partial charge in [0.15, 0.2) is 0 Å². The van der Waals surface area contributed by atoms with Crippen molar-refractivity contribution in [3.8, 4) is 39.6 Å². The Morgan fingerprint density at radius 1 is 0.434 bits per heavy atom. The van der Waals surface area contributed by atoms with Crippen LogP contribution in [0.15, 0.2) is 194 Å². The molecule has 5 heteroatoms. The van der Waals surface area contributed by atoms with E-state index in [1.54, 1.807) is 0 Å². The molecule has 5 nitrogen and oxygen atoms in total.